The maximum Gasteiger partial charge on any atom is 0.335 e. The van der Waals surface area contributed by atoms with Crippen molar-refractivity contribution in [1.29, 1.82) is 0 Å². The summed E-state index contributed by atoms with van der Waals surface area (Å²) in [6.07, 6.45) is 0.222. The topological polar surface area (TPSA) is 118 Å². The van der Waals surface area contributed by atoms with Crippen molar-refractivity contribution in [3.63, 3.8) is 0 Å². The number of nitrogens with one attached hydrogen (secondary N) is 1. The van der Waals surface area contributed by atoms with Crippen molar-refractivity contribution >= 4 is 25.8 Å². The molecule has 1 aromatic carbocycles. The van der Waals surface area contributed by atoms with Gasteiger partial charge in [-0.05, 0) is 24.6 Å². The average Bonchev–Trinajstić information content (AvgIpc) is 2.68. The molecule has 20 heavy (non-hydrogen) atoms. The monoisotopic (exact) mass is 319 g/mol. The fraction of sp³-hybridized carbons (Fsp3) is 0.364. The first-order chi connectivity index (χ1) is 9.20. The van der Waals surface area contributed by atoms with Crippen molar-refractivity contribution in [1.82, 2.24) is 4.72 Å². The molecule has 0 bridgehead atoms. The standard InChI is InChI=1S/C11H13NO6S2/c13-11(14)8-2-1-3-10(6-8)20(17,18)12-9-4-5-19(15,16)7-9/h1-3,6,9,12H,4-5,7H2,(H,13,14). The van der Waals surface area contributed by atoms with Crippen LogP contribution in [0.25, 0.3) is 0 Å². The number of sulfone groups is 1. The molecule has 2 N–H and O–H groups in total. The molecule has 2 rings (SSSR count). The van der Waals surface area contributed by atoms with E-state index >= 15 is 0 Å². The quantitative estimate of drug-likeness (QED) is 0.797. The number of carbonyl (C=O) groups is 1. The second kappa shape index (κ2) is 5.15. The molecular formula is C11H13NO6S2. The molecule has 9 heteroatoms. The lowest BCUT2D eigenvalue weighted by Crippen LogP contribution is -2.35. The number of rotatable bonds is 4. The molecule has 1 heterocycles. The second-order valence-corrected chi connectivity index (χ2v) is 8.50. The molecule has 0 saturated carbocycles. The van der Waals surface area contributed by atoms with Crippen molar-refractivity contribution < 1.29 is 26.7 Å². The summed E-state index contributed by atoms with van der Waals surface area (Å²) in [5.41, 5.74) is -0.146. The summed E-state index contributed by atoms with van der Waals surface area (Å²) in [6, 6.07) is 4.23. The molecule has 1 atom stereocenters. The number of carboxylic acid groups (broad SMARTS) is 1. The molecule has 1 aromatic rings. The van der Waals surface area contributed by atoms with Gasteiger partial charge in [-0.2, -0.15) is 0 Å². The van der Waals surface area contributed by atoms with Crippen LogP contribution in [0.15, 0.2) is 29.2 Å². The first-order valence-electron chi connectivity index (χ1n) is 5.76. The van der Waals surface area contributed by atoms with E-state index in [0.717, 1.165) is 6.07 Å². The molecule has 1 saturated heterocycles. The Morgan fingerprint density at radius 3 is 2.60 bits per heavy atom. The first-order valence-corrected chi connectivity index (χ1v) is 9.06. The van der Waals surface area contributed by atoms with Gasteiger partial charge in [0.05, 0.1) is 22.0 Å². The van der Waals surface area contributed by atoms with E-state index in [1.165, 1.54) is 18.2 Å². The molecule has 0 aromatic heterocycles. The predicted octanol–water partition coefficient (Wildman–Crippen LogP) is -0.150. The van der Waals surface area contributed by atoms with Gasteiger partial charge in [-0.3, -0.25) is 0 Å². The molecule has 7 nitrogen and oxygen atoms in total. The molecule has 0 amide bonds. The fourth-order valence-corrected chi connectivity index (χ4v) is 5.07. The third-order valence-electron chi connectivity index (χ3n) is 2.95. The van der Waals surface area contributed by atoms with E-state index in [4.69, 9.17) is 5.11 Å². The van der Waals surface area contributed by atoms with Crippen LogP contribution in [0.2, 0.25) is 0 Å². The molecule has 1 fully saturated rings. The zero-order chi connectivity index (χ0) is 15.0. The van der Waals surface area contributed by atoms with Crippen LogP contribution in [0.1, 0.15) is 16.8 Å². The normalized spacial score (nSPS) is 21.7. The Morgan fingerprint density at radius 1 is 1.35 bits per heavy atom. The van der Waals surface area contributed by atoms with E-state index in [1.807, 2.05) is 0 Å². The van der Waals surface area contributed by atoms with Gasteiger partial charge < -0.3 is 5.11 Å². The maximum atomic E-state index is 12.1. The highest BCUT2D eigenvalue weighted by atomic mass is 32.2. The van der Waals surface area contributed by atoms with Gasteiger partial charge in [0, 0.05) is 6.04 Å². The summed E-state index contributed by atoms with van der Waals surface area (Å²) >= 11 is 0. The predicted molar refractivity (Wildman–Crippen MR) is 70.8 cm³/mol. The van der Waals surface area contributed by atoms with Gasteiger partial charge >= 0.3 is 5.97 Å². The minimum absolute atomic E-state index is 0.0463. The summed E-state index contributed by atoms with van der Waals surface area (Å²) in [4.78, 5) is 10.6. The van der Waals surface area contributed by atoms with Crippen LogP contribution in [0.4, 0.5) is 0 Å². The van der Waals surface area contributed by atoms with Crippen LogP contribution in [0.3, 0.4) is 0 Å². The van der Waals surface area contributed by atoms with Gasteiger partial charge in [0.2, 0.25) is 10.0 Å². The van der Waals surface area contributed by atoms with Gasteiger partial charge in [-0.1, -0.05) is 6.07 Å². The third kappa shape index (κ3) is 3.35. The van der Waals surface area contributed by atoms with Crippen LogP contribution in [0.5, 0.6) is 0 Å². The van der Waals surface area contributed by atoms with Crippen molar-refractivity contribution in [2.75, 3.05) is 11.5 Å². The Balaban J connectivity index is 2.23. The highest BCUT2D eigenvalue weighted by Gasteiger charge is 2.31. The number of sulfonamides is 1. The summed E-state index contributed by atoms with van der Waals surface area (Å²) in [5, 5.41) is 8.83. The number of benzene rings is 1. The summed E-state index contributed by atoms with van der Waals surface area (Å²) < 4.78 is 49.0. The van der Waals surface area contributed by atoms with E-state index in [2.05, 4.69) is 4.72 Å². The summed E-state index contributed by atoms with van der Waals surface area (Å²) in [7, 11) is -7.12. The average molecular weight is 319 g/mol. The summed E-state index contributed by atoms with van der Waals surface area (Å²) in [5.74, 6) is -1.51. The zero-order valence-electron chi connectivity index (χ0n) is 10.3. The highest BCUT2D eigenvalue weighted by Crippen LogP contribution is 2.16. The fourth-order valence-electron chi connectivity index (χ4n) is 1.97. The smallest absolute Gasteiger partial charge is 0.335 e. The SMILES string of the molecule is O=C(O)c1cccc(S(=O)(=O)NC2CCS(=O)(=O)C2)c1. The van der Waals surface area contributed by atoms with E-state index in [9.17, 15) is 21.6 Å². The van der Waals surface area contributed by atoms with Crippen LogP contribution < -0.4 is 4.72 Å². The van der Waals surface area contributed by atoms with E-state index in [1.54, 1.807) is 0 Å². The second-order valence-electron chi connectivity index (χ2n) is 4.55. The van der Waals surface area contributed by atoms with Crippen LogP contribution >= 0.6 is 0 Å². The minimum atomic E-state index is -3.93. The Bertz CT molecular complexity index is 738. The van der Waals surface area contributed by atoms with E-state index in [-0.39, 0.29) is 28.4 Å². The molecule has 0 aliphatic carbocycles. The maximum absolute atomic E-state index is 12.1. The number of aromatic carboxylic acids is 1. The van der Waals surface area contributed by atoms with Gasteiger partial charge in [-0.15, -0.1) is 0 Å². The third-order valence-corrected chi connectivity index (χ3v) is 6.23. The first kappa shape index (κ1) is 14.9. The molecule has 1 unspecified atom stereocenters. The number of carboxylic acids is 1. The minimum Gasteiger partial charge on any atom is -0.478 e. The largest absolute Gasteiger partial charge is 0.478 e. The van der Waals surface area contributed by atoms with E-state index in [0.29, 0.717) is 0 Å². The highest BCUT2D eigenvalue weighted by molar-refractivity contribution is 7.92. The molecule has 0 radical (unpaired) electrons. The number of hydrogen-bond acceptors (Lipinski definition) is 5. The van der Waals surface area contributed by atoms with Crippen molar-refractivity contribution in [3.05, 3.63) is 29.8 Å². The molecule has 110 valence electrons. The van der Waals surface area contributed by atoms with Crippen molar-refractivity contribution in [2.24, 2.45) is 0 Å². The summed E-state index contributed by atoms with van der Waals surface area (Å²) in [6.45, 7) is 0. The van der Waals surface area contributed by atoms with E-state index < -0.39 is 31.9 Å². The zero-order valence-corrected chi connectivity index (χ0v) is 11.9. The van der Waals surface area contributed by atoms with Crippen LogP contribution in [-0.2, 0) is 19.9 Å². The lowest BCUT2D eigenvalue weighted by atomic mass is 10.2. The van der Waals surface area contributed by atoms with Crippen LogP contribution in [-0.4, -0.2) is 45.5 Å². The van der Waals surface area contributed by atoms with Gasteiger partial charge in [0.25, 0.3) is 0 Å². The molecule has 0 spiro atoms. The lowest BCUT2D eigenvalue weighted by molar-refractivity contribution is 0.0696. The Labute approximate surface area is 116 Å². The lowest BCUT2D eigenvalue weighted by Gasteiger charge is -2.11. The van der Waals surface area contributed by atoms with Crippen molar-refractivity contribution in [2.45, 2.75) is 17.4 Å². The van der Waals surface area contributed by atoms with Gasteiger partial charge in [0.1, 0.15) is 0 Å². The van der Waals surface area contributed by atoms with Gasteiger partial charge in [0.15, 0.2) is 9.84 Å². The molecule has 1 aliphatic heterocycles. The molecular weight excluding hydrogens is 306 g/mol. The van der Waals surface area contributed by atoms with Gasteiger partial charge in [-0.25, -0.2) is 26.4 Å². The number of hydrogen-bond donors (Lipinski definition) is 2. The van der Waals surface area contributed by atoms with Crippen molar-refractivity contribution in [3.8, 4) is 0 Å². The Kier molecular flexibility index (Phi) is 3.85. The molecule has 1 aliphatic rings. The Morgan fingerprint density at radius 2 is 2.05 bits per heavy atom. The Hall–Kier alpha value is -1.45. The van der Waals surface area contributed by atoms with Crippen LogP contribution in [0, 0.1) is 0 Å².